The SMILES string of the molecule is CCc1nc(CC)n(Cc2c3ccocc-3c(Br)c2-c2ccccc2NS(=O)(=O)C(F)(F)F)c1C(=O)NC. The molecule has 0 atom stereocenters. The zero-order valence-electron chi connectivity index (χ0n) is 20.6. The second kappa shape index (κ2) is 10.4. The number of aromatic nitrogens is 2. The van der Waals surface area contributed by atoms with Crippen LogP contribution in [0.5, 0.6) is 0 Å². The van der Waals surface area contributed by atoms with Gasteiger partial charge in [0.15, 0.2) is 0 Å². The molecule has 2 aromatic rings. The Labute approximate surface area is 225 Å². The molecule has 0 radical (unpaired) electrons. The minimum absolute atomic E-state index is 0.140. The Hall–Kier alpha value is -3.32. The van der Waals surface area contributed by atoms with Crippen LogP contribution in [0, 0.1) is 0 Å². The van der Waals surface area contributed by atoms with E-state index in [1.807, 2.05) is 13.8 Å². The number of imidazole rings is 1. The fourth-order valence-electron chi connectivity index (χ4n) is 4.41. The van der Waals surface area contributed by atoms with Gasteiger partial charge in [-0.25, -0.2) is 4.98 Å². The molecular formula is C25H24BrF3N4O4S. The fourth-order valence-corrected chi connectivity index (χ4v) is 5.75. The van der Waals surface area contributed by atoms with Crippen molar-refractivity contribution in [2.24, 2.45) is 0 Å². The first-order valence-electron chi connectivity index (χ1n) is 11.6. The van der Waals surface area contributed by atoms with Crippen molar-refractivity contribution in [3.63, 3.8) is 0 Å². The van der Waals surface area contributed by atoms with Gasteiger partial charge in [0.2, 0.25) is 0 Å². The maximum absolute atomic E-state index is 13.2. The first-order valence-corrected chi connectivity index (χ1v) is 13.9. The van der Waals surface area contributed by atoms with E-state index in [9.17, 15) is 26.4 Å². The zero-order valence-corrected chi connectivity index (χ0v) is 23.0. The number of rotatable bonds is 8. The molecule has 1 aromatic heterocycles. The number of halogens is 4. The van der Waals surface area contributed by atoms with E-state index in [1.165, 1.54) is 37.8 Å². The Morgan fingerprint density at radius 3 is 2.45 bits per heavy atom. The lowest BCUT2D eigenvalue weighted by Gasteiger charge is -2.17. The van der Waals surface area contributed by atoms with Gasteiger partial charge in [0, 0.05) is 34.6 Å². The molecule has 202 valence electrons. The summed E-state index contributed by atoms with van der Waals surface area (Å²) in [6.07, 6.45) is 3.99. The molecule has 38 heavy (non-hydrogen) atoms. The quantitative estimate of drug-likeness (QED) is 0.261. The van der Waals surface area contributed by atoms with E-state index in [-0.39, 0.29) is 23.7 Å². The molecule has 2 N–H and O–H groups in total. The van der Waals surface area contributed by atoms with Gasteiger partial charge < -0.3 is 14.3 Å². The van der Waals surface area contributed by atoms with Crippen LogP contribution in [0.2, 0.25) is 0 Å². The predicted molar refractivity (Wildman–Crippen MR) is 141 cm³/mol. The van der Waals surface area contributed by atoms with Crippen LogP contribution < -0.4 is 10.0 Å². The third kappa shape index (κ3) is 4.80. The molecule has 0 saturated heterocycles. The van der Waals surface area contributed by atoms with Crippen LogP contribution in [0.4, 0.5) is 18.9 Å². The summed E-state index contributed by atoms with van der Waals surface area (Å²) in [5.74, 6) is 0.336. The van der Waals surface area contributed by atoms with Gasteiger partial charge in [-0.3, -0.25) is 9.52 Å². The number of aryl methyl sites for hydroxylation is 2. The number of carbonyl (C=O) groups is 1. The number of amides is 1. The largest absolute Gasteiger partial charge is 0.516 e. The van der Waals surface area contributed by atoms with Crippen molar-refractivity contribution in [3.8, 4) is 22.3 Å². The number of fused-ring (bicyclic) bond motifs is 1. The molecule has 13 heteroatoms. The van der Waals surface area contributed by atoms with Gasteiger partial charge in [-0.05, 0) is 45.6 Å². The second-order valence-electron chi connectivity index (χ2n) is 8.34. The van der Waals surface area contributed by atoms with Gasteiger partial charge in [0.05, 0.1) is 30.5 Å². The van der Waals surface area contributed by atoms with Crippen molar-refractivity contribution in [1.82, 2.24) is 14.9 Å². The summed E-state index contributed by atoms with van der Waals surface area (Å²) in [7, 11) is -4.16. The van der Waals surface area contributed by atoms with Crippen LogP contribution in [-0.2, 0) is 29.4 Å². The number of hydrogen-bond acceptors (Lipinski definition) is 5. The number of anilines is 1. The predicted octanol–water partition coefficient (Wildman–Crippen LogP) is 5.80. The first kappa shape index (κ1) is 27.7. The molecule has 0 spiro atoms. The third-order valence-electron chi connectivity index (χ3n) is 6.15. The topological polar surface area (TPSA) is 106 Å². The van der Waals surface area contributed by atoms with Crippen molar-refractivity contribution in [1.29, 1.82) is 0 Å². The summed E-state index contributed by atoms with van der Waals surface area (Å²) >= 11 is 3.56. The van der Waals surface area contributed by atoms with E-state index in [4.69, 9.17) is 4.42 Å². The van der Waals surface area contributed by atoms with Crippen molar-refractivity contribution in [2.45, 2.75) is 38.7 Å². The fraction of sp³-hybridized carbons (Fsp3) is 0.280. The smallest absolute Gasteiger partial charge is 0.472 e. The molecule has 2 aliphatic rings. The van der Waals surface area contributed by atoms with E-state index in [0.29, 0.717) is 56.8 Å². The Kier molecular flexibility index (Phi) is 7.62. The standard InChI is InChI=1S/C25H24BrF3N4O4S/c1-4-18-23(24(34)30-3)33(20(5-2)31-18)12-16-14-10-11-37-13-17(14)22(26)21(16)15-8-6-7-9-19(15)32-38(35,36)25(27,28)29/h6-11,13,32H,4-5,12H2,1-3H3,(H,30,34). The zero-order chi connectivity index (χ0) is 27.8. The number of carbonyl (C=O) groups excluding carboxylic acids is 1. The monoisotopic (exact) mass is 612 g/mol. The maximum Gasteiger partial charge on any atom is 0.516 e. The van der Waals surface area contributed by atoms with Gasteiger partial charge in [-0.1, -0.05) is 32.0 Å². The third-order valence-corrected chi connectivity index (χ3v) is 8.07. The highest BCUT2D eigenvalue weighted by Gasteiger charge is 2.46. The first-order chi connectivity index (χ1) is 17.9. The highest BCUT2D eigenvalue weighted by molar-refractivity contribution is 9.10. The number of nitrogens with one attached hydrogen (secondary N) is 2. The number of sulfonamides is 1. The Morgan fingerprint density at radius 2 is 1.82 bits per heavy atom. The summed E-state index contributed by atoms with van der Waals surface area (Å²) in [4.78, 5) is 17.5. The molecule has 1 amide bonds. The maximum atomic E-state index is 13.2. The average Bonchev–Trinajstić information content (AvgIpc) is 3.38. The molecule has 0 bridgehead atoms. The van der Waals surface area contributed by atoms with Gasteiger partial charge in [0.25, 0.3) is 5.91 Å². The summed E-state index contributed by atoms with van der Waals surface area (Å²) < 4.78 is 73.0. The van der Waals surface area contributed by atoms with Crippen LogP contribution in [0.15, 0.2) is 51.7 Å². The average molecular weight is 613 g/mol. The number of nitrogens with zero attached hydrogens (tertiary/aromatic N) is 2. The summed E-state index contributed by atoms with van der Waals surface area (Å²) in [5.41, 5.74) is -2.10. The molecule has 0 unspecified atom stereocenters. The van der Waals surface area contributed by atoms with E-state index in [2.05, 4.69) is 26.2 Å². The lowest BCUT2D eigenvalue weighted by Crippen LogP contribution is -2.30. The van der Waals surface area contributed by atoms with Gasteiger partial charge >= 0.3 is 15.5 Å². The minimum Gasteiger partial charge on any atom is -0.472 e. The Morgan fingerprint density at radius 1 is 1.11 bits per heavy atom. The summed E-state index contributed by atoms with van der Waals surface area (Å²) in [5, 5.41) is 2.65. The van der Waals surface area contributed by atoms with Crippen LogP contribution in [0.25, 0.3) is 22.3 Å². The van der Waals surface area contributed by atoms with Crippen LogP contribution in [0.3, 0.4) is 0 Å². The van der Waals surface area contributed by atoms with Gasteiger partial charge in [-0.2, -0.15) is 21.6 Å². The van der Waals surface area contributed by atoms with E-state index < -0.39 is 15.5 Å². The number of hydrogen-bond donors (Lipinski definition) is 2. The number of benzene rings is 1. The van der Waals surface area contributed by atoms with Crippen molar-refractivity contribution in [2.75, 3.05) is 11.8 Å². The Balaban J connectivity index is 1.99. The molecular weight excluding hydrogens is 589 g/mol. The highest BCUT2D eigenvalue weighted by Crippen LogP contribution is 2.48. The minimum atomic E-state index is -5.68. The van der Waals surface area contributed by atoms with Crippen molar-refractivity contribution < 1.29 is 30.8 Å². The van der Waals surface area contributed by atoms with Crippen LogP contribution in [0.1, 0.15) is 41.4 Å². The van der Waals surface area contributed by atoms with E-state index >= 15 is 0 Å². The van der Waals surface area contributed by atoms with Gasteiger partial charge in [0.1, 0.15) is 11.5 Å². The van der Waals surface area contributed by atoms with E-state index in [1.54, 1.807) is 21.4 Å². The lowest BCUT2D eigenvalue weighted by atomic mass is 10.0. The summed E-state index contributed by atoms with van der Waals surface area (Å²) in [6.45, 7) is 3.94. The summed E-state index contributed by atoms with van der Waals surface area (Å²) in [6, 6.07) is 7.53. The molecule has 8 nitrogen and oxygen atoms in total. The molecule has 1 aliphatic heterocycles. The van der Waals surface area contributed by atoms with Crippen molar-refractivity contribution in [3.05, 3.63) is 70.1 Å². The highest BCUT2D eigenvalue weighted by atomic mass is 79.9. The second-order valence-corrected chi connectivity index (χ2v) is 10.8. The molecule has 0 saturated carbocycles. The van der Waals surface area contributed by atoms with Crippen molar-refractivity contribution >= 4 is 37.5 Å². The number of para-hydroxylation sites is 1. The molecule has 1 aromatic carbocycles. The molecule has 4 rings (SSSR count). The van der Waals surface area contributed by atoms with Crippen LogP contribution in [-0.4, -0.2) is 36.4 Å². The molecule has 0 fully saturated rings. The van der Waals surface area contributed by atoms with E-state index in [0.717, 1.165) is 0 Å². The van der Waals surface area contributed by atoms with Gasteiger partial charge in [-0.15, -0.1) is 0 Å². The lowest BCUT2D eigenvalue weighted by molar-refractivity contribution is -0.0429. The molecule has 1 aliphatic carbocycles. The molecule has 2 heterocycles. The number of alkyl halides is 3. The van der Waals surface area contributed by atoms with Crippen LogP contribution >= 0.6 is 15.9 Å². The normalized spacial score (nSPS) is 12.2. The Bertz CT molecular complexity index is 1580.